The number of rotatable bonds is 17. The summed E-state index contributed by atoms with van der Waals surface area (Å²) >= 11 is 24.5. The van der Waals surface area contributed by atoms with E-state index in [4.69, 9.17) is 66.1 Å². The first-order valence-electron chi connectivity index (χ1n) is 18.3. The van der Waals surface area contributed by atoms with Crippen LogP contribution in [0.3, 0.4) is 0 Å². The second-order valence-electron chi connectivity index (χ2n) is 13.6. The summed E-state index contributed by atoms with van der Waals surface area (Å²) in [5, 5.41) is 25.7. The van der Waals surface area contributed by atoms with Crippen molar-refractivity contribution in [2.45, 2.75) is 84.6 Å². The van der Waals surface area contributed by atoms with Crippen LogP contribution in [0.1, 0.15) is 78.7 Å². The summed E-state index contributed by atoms with van der Waals surface area (Å²) < 4.78 is 90.8. The number of halogens is 10. The number of carboxylic acids is 2. The number of hydrogen-bond donors (Lipinski definition) is 5. The highest BCUT2D eigenvalue weighted by atomic mass is 35.5. The van der Waals surface area contributed by atoms with Crippen LogP contribution in [-0.4, -0.2) is 46.7 Å². The van der Waals surface area contributed by atoms with Crippen molar-refractivity contribution in [2.75, 3.05) is 17.2 Å². The molecule has 4 aromatic rings. The SMILES string of the molecule is CCC(C)Nc1cc(COc2c(Cl)cc(C(=O)NCC(=O)O)cc2Cl)cc(C(F)(F)F)c1.CCC(C)Nc1cc(COc2c(Cl)cc(CC(=O)O)cc2Cl)cc(C(F)(F)F)c1. The Balaban J connectivity index is 0.000000327. The molecule has 4 aromatic carbocycles. The van der Waals surface area contributed by atoms with Gasteiger partial charge in [-0.05, 0) is 104 Å². The van der Waals surface area contributed by atoms with E-state index in [-0.39, 0.29) is 80.0 Å². The summed E-state index contributed by atoms with van der Waals surface area (Å²) in [7, 11) is 0. The molecular formula is C41H41Cl4F6N3O7. The maximum Gasteiger partial charge on any atom is 0.416 e. The molecule has 0 bridgehead atoms. The summed E-state index contributed by atoms with van der Waals surface area (Å²) in [6.07, 6.45) is -7.84. The first-order valence-corrected chi connectivity index (χ1v) is 19.8. The van der Waals surface area contributed by atoms with Gasteiger partial charge in [-0.3, -0.25) is 14.4 Å². The molecule has 0 heterocycles. The van der Waals surface area contributed by atoms with Gasteiger partial charge in [-0.25, -0.2) is 0 Å². The molecule has 1 amide bonds. The molecule has 0 radical (unpaired) electrons. The van der Waals surface area contributed by atoms with Gasteiger partial charge < -0.3 is 35.6 Å². The molecular weight excluding hydrogens is 902 g/mol. The number of alkyl halides is 6. The Bertz CT molecular complexity index is 2150. The summed E-state index contributed by atoms with van der Waals surface area (Å²) in [6.45, 7) is 6.51. The van der Waals surface area contributed by atoms with Crippen LogP contribution in [0.5, 0.6) is 11.5 Å². The smallest absolute Gasteiger partial charge is 0.416 e. The molecule has 2 atom stereocenters. The van der Waals surface area contributed by atoms with Crippen molar-refractivity contribution in [3.05, 3.63) is 114 Å². The van der Waals surface area contributed by atoms with Gasteiger partial charge in [0.15, 0.2) is 11.5 Å². The summed E-state index contributed by atoms with van der Waals surface area (Å²) in [5.41, 5.74) is -0.0669. The van der Waals surface area contributed by atoms with Gasteiger partial charge >= 0.3 is 24.3 Å². The van der Waals surface area contributed by atoms with Crippen molar-refractivity contribution >= 4 is 75.6 Å². The summed E-state index contributed by atoms with van der Waals surface area (Å²) in [4.78, 5) is 33.4. The molecule has 2 unspecified atom stereocenters. The van der Waals surface area contributed by atoms with Gasteiger partial charge in [-0.2, -0.15) is 26.3 Å². The fraction of sp³-hybridized carbons (Fsp3) is 0.341. The number of nitrogens with one attached hydrogen (secondary N) is 3. The number of anilines is 2. The van der Waals surface area contributed by atoms with Crippen LogP contribution in [0.4, 0.5) is 37.7 Å². The predicted molar refractivity (Wildman–Crippen MR) is 223 cm³/mol. The van der Waals surface area contributed by atoms with E-state index in [9.17, 15) is 40.7 Å². The Morgan fingerprint density at radius 3 is 1.34 bits per heavy atom. The molecule has 0 fully saturated rings. The molecule has 332 valence electrons. The first-order chi connectivity index (χ1) is 28.4. The Labute approximate surface area is 367 Å². The first kappa shape index (κ1) is 50.6. The number of amides is 1. The highest BCUT2D eigenvalue weighted by Crippen LogP contribution is 2.38. The highest BCUT2D eigenvalue weighted by Gasteiger charge is 2.32. The van der Waals surface area contributed by atoms with Crippen molar-refractivity contribution < 1.29 is 60.4 Å². The van der Waals surface area contributed by atoms with E-state index in [0.717, 1.165) is 37.1 Å². The van der Waals surface area contributed by atoms with Crippen LogP contribution in [0.2, 0.25) is 20.1 Å². The standard InChI is InChI=1S/C21H21Cl2F3N2O4.C20H20Cl2F3NO3/c1-3-11(2)28-15-5-12(4-14(8-15)21(24,25)26)10-32-19-16(22)6-13(7-17(19)23)20(31)27-9-18(29)30;1-3-11(2)26-15-5-13(4-14(9-15)20(23,24)25)10-29-19-16(21)6-12(7-17(19)22)8-18(27)28/h4-8,11,28H,3,9-10H2,1-2H3,(H,27,31)(H,29,30);4-7,9,11,26H,3,8,10H2,1-2H3,(H,27,28). The number of hydrogen-bond acceptors (Lipinski definition) is 7. The number of benzene rings is 4. The van der Waals surface area contributed by atoms with Gasteiger partial charge in [0, 0.05) is 29.0 Å². The molecule has 5 N–H and O–H groups in total. The number of ether oxygens (including phenoxy) is 2. The molecule has 0 spiro atoms. The van der Waals surface area contributed by atoms with Gasteiger partial charge in [0.1, 0.15) is 19.8 Å². The molecule has 0 aliphatic heterocycles. The molecule has 0 aliphatic carbocycles. The molecule has 10 nitrogen and oxygen atoms in total. The molecule has 0 aliphatic rings. The van der Waals surface area contributed by atoms with E-state index >= 15 is 0 Å². The summed E-state index contributed by atoms with van der Waals surface area (Å²) in [5.74, 6) is -2.91. The number of carboxylic acid groups (broad SMARTS) is 2. The van der Waals surface area contributed by atoms with Gasteiger partial charge in [0.25, 0.3) is 5.91 Å². The lowest BCUT2D eigenvalue weighted by Crippen LogP contribution is -2.29. The Morgan fingerprint density at radius 2 is 1.00 bits per heavy atom. The molecule has 0 saturated heterocycles. The minimum atomic E-state index is -4.54. The second kappa shape index (κ2) is 22.4. The monoisotopic (exact) mass is 941 g/mol. The van der Waals surface area contributed by atoms with E-state index in [0.29, 0.717) is 16.9 Å². The number of carbonyl (C=O) groups is 3. The minimum absolute atomic E-state index is 0.00193. The van der Waals surface area contributed by atoms with Crippen molar-refractivity contribution in [1.29, 1.82) is 0 Å². The van der Waals surface area contributed by atoms with Crippen LogP contribution < -0.4 is 25.4 Å². The number of aliphatic carboxylic acids is 2. The zero-order valence-corrected chi connectivity index (χ0v) is 35.9. The molecule has 0 aromatic heterocycles. The second-order valence-corrected chi connectivity index (χ2v) is 15.3. The lowest BCUT2D eigenvalue weighted by molar-refractivity contribution is -0.138. The van der Waals surface area contributed by atoms with Crippen molar-refractivity contribution in [3.63, 3.8) is 0 Å². The zero-order valence-electron chi connectivity index (χ0n) is 32.9. The predicted octanol–water partition coefficient (Wildman–Crippen LogP) is 12.0. The molecule has 61 heavy (non-hydrogen) atoms. The molecule has 0 saturated carbocycles. The Hall–Kier alpha value is -4.77. The average Bonchev–Trinajstić information content (AvgIpc) is 3.15. The number of carbonyl (C=O) groups excluding carboxylic acids is 1. The van der Waals surface area contributed by atoms with Crippen molar-refractivity contribution in [1.82, 2.24) is 5.32 Å². The van der Waals surface area contributed by atoms with E-state index in [1.54, 1.807) is 6.07 Å². The largest absolute Gasteiger partial charge is 0.486 e. The van der Waals surface area contributed by atoms with Crippen LogP contribution in [0.25, 0.3) is 0 Å². The topological polar surface area (TPSA) is 146 Å². The van der Waals surface area contributed by atoms with Crippen LogP contribution in [-0.2, 0) is 41.6 Å². The lowest BCUT2D eigenvalue weighted by atomic mass is 10.1. The average molecular weight is 944 g/mol. The van der Waals surface area contributed by atoms with E-state index in [2.05, 4.69) is 16.0 Å². The third-order valence-electron chi connectivity index (χ3n) is 8.53. The third-order valence-corrected chi connectivity index (χ3v) is 9.65. The normalized spacial score (nSPS) is 12.4. The maximum absolute atomic E-state index is 13.3. The van der Waals surface area contributed by atoms with E-state index in [1.165, 1.54) is 30.3 Å². The Kier molecular flexibility index (Phi) is 18.5. The summed E-state index contributed by atoms with van der Waals surface area (Å²) in [6, 6.07) is 12.4. The highest BCUT2D eigenvalue weighted by molar-refractivity contribution is 6.38. The fourth-order valence-corrected chi connectivity index (χ4v) is 6.48. The maximum atomic E-state index is 13.3. The van der Waals surface area contributed by atoms with Gasteiger partial charge in [-0.15, -0.1) is 0 Å². The van der Waals surface area contributed by atoms with Gasteiger partial charge in [0.2, 0.25) is 0 Å². The van der Waals surface area contributed by atoms with Crippen LogP contribution in [0.15, 0.2) is 60.7 Å². The zero-order chi connectivity index (χ0) is 45.8. The van der Waals surface area contributed by atoms with E-state index < -0.39 is 47.9 Å². The lowest BCUT2D eigenvalue weighted by Gasteiger charge is -2.18. The third kappa shape index (κ3) is 16.2. The van der Waals surface area contributed by atoms with Crippen LogP contribution >= 0.6 is 46.4 Å². The van der Waals surface area contributed by atoms with Crippen molar-refractivity contribution in [3.8, 4) is 11.5 Å². The van der Waals surface area contributed by atoms with Crippen molar-refractivity contribution in [2.24, 2.45) is 0 Å². The fourth-order valence-electron chi connectivity index (χ4n) is 5.24. The minimum Gasteiger partial charge on any atom is -0.486 e. The molecule has 20 heteroatoms. The Morgan fingerprint density at radius 1 is 0.607 bits per heavy atom. The molecule has 4 rings (SSSR count). The van der Waals surface area contributed by atoms with Gasteiger partial charge in [0.05, 0.1) is 37.6 Å². The quantitative estimate of drug-likeness (QED) is 0.0653. The van der Waals surface area contributed by atoms with Gasteiger partial charge in [-0.1, -0.05) is 60.3 Å². The van der Waals surface area contributed by atoms with E-state index in [1.807, 2.05) is 27.7 Å². The van der Waals surface area contributed by atoms with Crippen LogP contribution in [0, 0.1) is 0 Å².